The summed E-state index contributed by atoms with van der Waals surface area (Å²) in [7, 11) is -1.34. The summed E-state index contributed by atoms with van der Waals surface area (Å²) in [5.41, 5.74) is 8.28. The number of aryl methyl sites for hydroxylation is 1. The lowest BCUT2D eigenvalue weighted by atomic mass is 9.66. The molecule has 39 heavy (non-hydrogen) atoms. The molecule has 0 amide bonds. The highest BCUT2D eigenvalue weighted by atomic mass is 32.2. The molecular formula is C28H30BN7O2S. The van der Waals surface area contributed by atoms with E-state index in [9.17, 15) is 8.42 Å². The highest BCUT2D eigenvalue weighted by molar-refractivity contribution is 7.92. The van der Waals surface area contributed by atoms with E-state index in [-0.39, 0.29) is 17.1 Å². The Morgan fingerprint density at radius 2 is 1.85 bits per heavy atom. The lowest BCUT2D eigenvalue weighted by molar-refractivity contribution is 0.242. The normalized spacial score (nSPS) is 21.1. The van der Waals surface area contributed by atoms with Gasteiger partial charge in [-0.15, -0.1) is 0 Å². The molecule has 1 aromatic carbocycles. The molecule has 198 valence electrons. The highest BCUT2D eigenvalue weighted by Crippen LogP contribution is 2.69. The minimum absolute atomic E-state index is 0.0303. The Balaban J connectivity index is 1.41. The van der Waals surface area contributed by atoms with Crippen LogP contribution in [-0.2, 0) is 15.4 Å². The summed E-state index contributed by atoms with van der Waals surface area (Å²) < 4.78 is 26.1. The molecule has 3 heterocycles. The molecule has 1 unspecified atom stereocenters. The molecule has 2 aliphatic carbocycles. The quantitative estimate of drug-likeness (QED) is 0.371. The molecule has 2 bridgehead atoms. The number of nitrogens with one attached hydrogen (secondary N) is 1. The number of sulfonamides is 1. The molecule has 2 atom stereocenters. The van der Waals surface area contributed by atoms with E-state index in [1.807, 2.05) is 6.20 Å². The minimum Gasteiger partial charge on any atom is -0.261 e. The van der Waals surface area contributed by atoms with E-state index in [0.717, 1.165) is 35.5 Å². The third-order valence-electron chi connectivity index (χ3n) is 8.77. The Bertz CT molecular complexity index is 1690. The third kappa shape index (κ3) is 3.85. The molecule has 6 rings (SSSR count). The fraction of sp³-hybridized carbons (Fsp3) is 0.357. The first kappa shape index (κ1) is 25.5. The van der Waals surface area contributed by atoms with Crippen LogP contribution in [0.2, 0.25) is 0 Å². The molecule has 11 heteroatoms. The van der Waals surface area contributed by atoms with Crippen molar-refractivity contribution < 1.29 is 8.42 Å². The first-order chi connectivity index (χ1) is 18.6. The first-order valence-electron chi connectivity index (χ1n) is 13.2. The number of rotatable bonds is 6. The van der Waals surface area contributed by atoms with Gasteiger partial charge in [0.15, 0.2) is 0 Å². The average molecular weight is 539 g/mol. The molecule has 1 N–H and O–H groups in total. The number of aromatic nitrogens is 6. The van der Waals surface area contributed by atoms with Crippen LogP contribution in [0.5, 0.6) is 0 Å². The zero-order chi connectivity index (χ0) is 27.6. The van der Waals surface area contributed by atoms with Gasteiger partial charge in [-0.2, -0.15) is 10.2 Å². The van der Waals surface area contributed by atoms with E-state index in [4.69, 9.17) is 15.2 Å². The molecule has 0 radical (unpaired) electrons. The van der Waals surface area contributed by atoms with Crippen molar-refractivity contribution in [1.82, 2.24) is 30.1 Å². The number of anilines is 1. The molecule has 0 spiro atoms. The van der Waals surface area contributed by atoms with Crippen molar-refractivity contribution in [2.24, 2.45) is 5.41 Å². The number of hydrogen-bond acceptors (Lipinski definition) is 8. The zero-order valence-electron chi connectivity index (χ0n) is 22.7. The predicted octanol–water partition coefficient (Wildman–Crippen LogP) is 2.92. The van der Waals surface area contributed by atoms with Crippen LogP contribution in [-0.4, -0.2) is 52.2 Å². The SMILES string of the molecule is Bc1cccc(C)c1-c1cc2c(nn1)C1(c3cncc(-c4cnc(NS(=O)(=O)CC)nc4)n3)CC[C@@H]2C1(C)C. The molecule has 4 aromatic rings. The molecule has 9 nitrogen and oxygen atoms in total. The summed E-state index contributed by atoms with van der Waals surface area (Å²) in [6, 6.07) is 8.55. The van der Waals surface area contributed by atoms with Crippen LogP contribution in [0.1, 0.15) is 62.0 Å². The molecule has 1 saturated carbocycles. The Morgan fingerprint density at radius 1 is 1.08 bits per heavy atom. The maximum absolute atomic E-state index is 11.9. The Morgan fingerprint density at radius 3 is 2.56 bits per heavy atom. The summed E-state index contributed by atoms with van der Waals surface area (Å²) in [4.78, 5) is 18.0. The van der Waals surface area contributed by atoms with Gasteiger partial charge in [-0.05, 0) is 60.8 Å². The second-order valence-electron chi connectivity index (χ2n) is 11.1. The highest BCUT2D eigenvalue weighted by Gasteiger charge is 2.65. The lowest BCUT2D eigenvalue weighted by Crippen LogP contribution is -2.38. The van der Waals surface area contributed by atoms with Crippen LogP contribution in [0, 0.1) is 12.3 Å². The van der Waals surface area contributed by atoms with Crippen LogP contribution < -0.4 is 10.2 Å². The van der Waals surface area contributed by atoms with Crippen molar-refractivity contribution in [2.45, 2.75) is 51.9 Å². The minimum atomic E-state index is -3.46. The summed E-state index contributed by atoms with van der Waals surface area (Å²) in [6.45, 7) is 8.28. The molecule has 2 aliphatic rings. The predicted molar refractivity (Wildman–Crippen MR) is 153 cm³/mol. The van der Waals surface area contributed by atoms with Gasteiger partial charge in [0, 0.05) is 24.2 Å². The van der Waals surface area contributed by atoms with Crippen molar-refractivity contribution in [3.63, 3.8) is 0 Å². The Hall–Kier alpha value is -3.73. The number of benzene rings is 1. The van der Waals surface area contributed by atoms with Gasteiger partial charge < -0.3 is 0 Å². The summed E-state index contributed by atoms with van der Waals surface area (Å²) in [5.74, 6) is 0.314. The maximum atomic E-state index is 11.9. The van der Waals surface area contributed by atoms with E-state index in [1.165, 1.54) is 16.6 Å². The van der Waals surface area contributed by atoms with Crippen LogP contribution >= 0.6 is 0 Å². The first-order valence-corrected chi connectivity index (χ1v) is 14.8. The van der Waals surface area contributed by atoms with Gasteiger partial charge >= 0.3 is 0 Å². The average Bonchev–Trinajstić information content (AvgIpc) is 3.30. The van der Waals surface area contributed by atoms with Crippen LogP contribution in [0.15, 0.2) is 49.1 Å². The summed E-state index contributed by atoms with van der Waals surface area (Å²) >= 11 is 0. The molecule has 0 aliphatic heterocycles. The second-order valence-corrected chi connectivity index (χ2v) is 13.1. The number of nitrogens with zero attached hydrogens (tertiary/aromatic N) is 6. The summed E-state index contributed by atoms with van der Waals surface area (Å²) in [6.07, 6.45) is 8.61. The number of fused-ring (bicyclic) bond motifs is 5. The Labute approximate surface area is 229 Å². The Kier molecular flexibility index (Phi) is 5.83. The zero-order valence-corrected chi connectivity index (χ0v) is 23.5. The van der Waals surface area contributed by atoms with Gasteiger partial charge in [0.2, 0.25) is 16.0 Å². The fourth-order valence-corrected chi connectivity index (χ4v) is 7.20. The molecule has 1 fully saturated rings. The second kappa shape index (κ2) is 8.91. The monoisotopic (exact) mass is 539 g/mol. The van der Waals surface area contributed by atoms with Crippen molar-refractivity contribution in [3.8, 4) is 22.5 Å². The van der Waals surface area contributed by atoms with Gasteiger partial charge in [0.1, 0.15) is 7.85 Å². The van der Waals surface area contributed by atoms with Crippen LogP contribution in [0.4, 0.5) is 5.95 Å². The largest absolute Gasteiger partial charge is 0.261 e. The van der Waals surface area contributed by atoms with E-state index in [1.54, 1.807) is 25.5 Å². The van der Waals surface area contributed by atoms with Crippen LogP contribution in [0.25, 0.3) is 22.5 Å². The topological polar surface area (TPSA) is 124 Å². The van der Waals surface area contributed by atoms with Crippen molar-refractivity contribution in [1.29, 1.82) is 0 Å². The van der Waals surface area contributed by atoms with E-state index in [2.05, 4.69) is 72.6 Å². The van der Waals surface area contributed by atoms with Crippen molar-refractivity contribution >= 4 is 29.3 Å². The molecular weight excluding hydrogens is 509 g/mol. The smallest absolute Gasteiger partial charge is 0.236 e. The van der Waals surface area contributed by atoms with Gasteiger partial charge in [-0.3, -0.25) is 9.71 Å². The lowest BCUT2D eigenvalue weighted by Gasteiger charge is -2.37. The standard InChI is InChI=1S/C28H30BN7O2S/c1-5-39(37,38)36-26-31-12-17(13-32-26)22-14-30-15-23(33-22)28-10-9-19(27(28,3)4)18-11-21(34-35-25(18)28)24-16(2)7-6-8-20(24)29/h6-8,11-15,19H,5,9-10,29H2,1-4H3,(H,31,32,36)/t19-,28?/m0/s1. The van der Waals surface area contributed by atoms with Crippen molar-refractivity contribution in [2.75, 3.05) is 10.5 Å². The van der Waals surface area contributed by atoms with Gasteiger partial charge in [0.05, 0.1) is 40.1 Å². The molecule has 3 aromatic heterocycles. The van der Waals surface area contributed by atoms with E-state index < -0.39 is 15.4 Å². The van der Waals surface area contributed by atoms with Gasteiger partial charge in [-0.1, -0.05) is 37.5 Å². The number of hydrogen-bond donors (Lipinski definition) is 1. The summed E-state index contributed by atoms with van der Waals surface area (Å²) in [5, 5.41) is 9.64. The van der Waals surface area contributed by atoms with E-state index in [0.29, 0.717) is 17.2 Å². The fourth-order valence-electron chi connectivity index (χ4n) is 6.67. The van der Waals surface area contributed by atoms with Gasteiger partial charge in [0.25, 0.3) is 0 Å². The van der Waals surface area contributed by atoms with Crippen molar-refractivity contribution in [3.05, 3.63) is 71.6 Å². The maximum Gasteiger partial charge on any atom is 0.236 e. The van der Waals surface area contributed by atoms with Gasteiger partial charge in [-0.25, -0.2) is 23.4 Å². The van der Waals surface area contributed by atoms with E-state index >= 15 is 0 Å². The molecule has 0 saturated heterocycles. The van der Waals surface area contributed by atoms with Crippen LogP contribution in [0.3, 0.4) is 0 Å². The third-order valence-corrected chi connectivity index (χ3v) is 10.0.